The van der Waals surface area contributed by atoms with Crippen molar-refractivity contribution >= 4 is 29.9 Å². The van der Waals surface area contributed by atoms with E-state index in [2.05, 4.69) is 29.7 Å². The van der Waals surface area contributed by atoms with Gasteiger partial charge in [0.15, 0.2) is 0 Å². The highest BCUT2D eigenvalue weighted by Crippen LogP contribution is 2.25. The number of hydrogen-bond acceptors (Lipinski definition) is 3. The van der Waals surface area contributed by atoms with Crippen molar-refractivity contribution in [2.75, 3.05) is 31.1 Å². The van der Waals surface area contributed by atoms with Gasteiger partial charge in [-0.15, -0.1) is 12.4 Å². The molecular formula is C18H28ClN3O2. The summed E-state index contributed by atoms with van der Waals surface area (Å²) in [7, 11) is 0. The Morgan fingerprint density at radius 1 is 1.21 bits per heavy atom. The third-order valence-corrected chi connectivity index (χ3v) is 4.13. The minimum atomic E-state index is -0.251. The van der Waals surface area contributed by atoms with E-state index in [1.165, 1.54) is 5.56 Å². The van der Waals surface area contributed by atoms with Gasteiger partial charge in [0.25, 0.3) is 0 Å². The molecule has 1 heterocycles. The number of hydrogen-bond donors (Lipinski definition) is 2. The minimum Gasteiger partial charge on any atom is -0.355 e. The largest absolute Gasteiger partial charge is 0.355 e. The summed E-state index contributed by atoms with van der Waals surface area (Å²) in [5.74, 6) is -0.249. The Morgan fingerprint density at radius 3 is 2.54 bits per heavy atom. The molecule has 0 aromatic heterocycles. The highest BCUT2D eigenvalue weighted by atomic mass is 35.5. The number of carbonyl (C=O) groups excluding carboxylic acids is 2. The molecule has 134 valence electrons. The Morgan fingerprint density at radius 2 is 1.92 bits per heavy atom. The smallest absolute Gasteiger partial charge is 0.227 e. The lowest BCUT2D eigenvalue weighted by molar-refractivity contribution is -0.126. The van der Waals surface area contributed by atoms with Gasteiger partial charge >= 0.3 is 0 Å². The molecule has 1 aliphatic heterocycles. The van der Waals surface area contributed by atoms with Crippen LogP contribution in [-0.4, -0.2) is 38.0 Å². The fourth-order valence-electron chi connectivity index (χ4n) is 2.86. The number of carbonyl (C=O) groups is 2. The molecule has 0 aliphatic carbocycles. The van der Waals surface area contributed by atoms with Crippen molar-refractivity contribution in [1.82, 2.24) is 10.6 Å². The second-order valence-corrected chi connectivity index (χ2v) is 5.97. The zero-order chi connectivity index (χ0) is 16.7. The number of aryl methyl sites for hydroxylation is 1. The maximum absolute atomic E-state index is 12.2. The summed E-state index contributed by atoms with van der Waals surface area (Å²) in [6.45, 7) is 6.89. The zero-order valence-electron chi connectivity index (χ0n) is 14.5. The van der Waals surface area contributed by atoms with Crippen LogP contribution in [0, 0.1) is 5.92 Å². The molecule has 1 saturated heterocycles. The predicted molar refractivity (Wildman–Crippen MR) is 99.7 cm³/mol. The van der Waals surface area contributed by atoms with E-state index in [1.807, 2.05) is 19.1 Å². The van der Waals surface area contributed by atoms with Gasteiger partial charge < -0.3 is 15.5 Å². The number of halogens is 1. The number of rotatable bonds is 8. The summed E-state index contributed by atoms with van der Waals surface area (Å²) < 4.78 is 0. The van der Waals surface area contributed by atoms with Gasteiger partial charge in [-0.2, -0.15) is 0 Å². The first-order valence-electron chi connectivity index (χ1n) is 8.53. The molecule has 24 heavy (non-hydrogen) atoms. The standard InChI is InChI=1S/C18H27N3O2.ClH/c1-3-5-14-6-8-16(9-7-14)21-13-15(12-17(21)22)18(23)20-11-10-19-4-2;/h6-9,15,19H,3-5,10-13H2,1-2H3,(H,20,23);1H. The zero-order valence-corrected chi connectivity index (χ0v) is 15.3. The SMILES string of the molecule is CCCc1ccc(N2CC(C(=O)NCCNCC)CC2=O)cc1.Cl. The summed E-state index contributed by atoms with van der Waals surface area (Å²) in [4.78, 5) is 26.1. The van der Waals surface area contributed by atoms with Gasteiger partial charge in [-0.05, 0) is 30.7 Å². The highest BCUT2D eigenvalue weighted by Gasteiger charge is 2.34. The average Bonchev–Trinajstić information content (AvgIpc) is 2.94. The first-order chi connectivity index (χ1) is 11.2. The van der Waals surface area contributed by atoms with E-state index in [4.69, 9.17) is 0 Å². The third-order valence-electron chi connectivity index (χ3n) is 4.13. The fraction of sp³-hybridized carbons (Fsp3) is 0.556. The van der Waals surface area contributed by atoms with E-state index in [-0.39, 0.29) is 30.1 Å². The molecule has 1 fully saturated rings. The van der Waals surface area contributed by atoms with E-state index >= 15 is 0 Å². The Bertz CT molecular complexity index is 534. The summed E-state index contributed by atoms with van der Waals surface area (Å²) in [6.07, 6.45) is 2.45. The van der Waals surface area contributed by atoms with Crippen LogP contribution in [0.2, 0.25) is 0 Å². The van der Waals surface area contributed by atoms with Crippen LogP contribution in [0.1, 0.15) is 32.3 Å². The molecule has 1 aromatic carbocycles. The molecule has 2 amide bonds. The maximum atomic E-state index is 12.2. The summed E-state index contributed by atoms with van der Waals surface area (Å²) in [6, 6.07) is 8.09. The highest BCUT2D eigenvalue weighted by molar-refractivity contribution is 6.00. The van der Waals surface area contributed by atoms with Gasteiger partial charge in [0.1, 0.15) is 0 Å². The molecule has 1 aromatic rings. The maximum Gasteiger partial charge on any atom is 0.227 e. The van der Waals surface area contributed by atoms with E-state index in [0.717, 1.165) is 31.6 Å². The number of likely N-dealkylation sites (N-methyl/N-ethyl adjacent to an activating group) is 1. The lowest BCUT2D eigenvalue weighted by atomic mass is 10.1. The van der Waals surface area contributed by atoms with Crippen LogP contribution in [-0.2, 0) is 16.0 Å². The molecule has 1 unspecified atom stereocenters. The summed E-state index contributed by atoms with van der Waals surface area (Å²) in [5.41, 5.74) is 2.17. The number of amides is 2. The second-order valence-electron chi connectivity index (χ2n) is 5.97. The molecule has 2 rings (SSSR count). The van der Waals surface area contributed by atoms with Crippen LogP contribution in [0.5, 0.6) is 0 Å². The lowest BCUT2D eigenvalue weighted by Crippen LogP contribution is -2.37. The molecule has 0 bridgehead atoms. The first-order valence-corrected chi connectivity index (χ1v) is 8.53. The molecule has 6 heteroatoms. The van der Waals surface area contributed by atoms with Crippen molar-refractivity contribution in [3.63, 3.8) is 0 Å². The first kappa shape index (κ1) is 20.5. The van der Waals surface area contributed by atoms with Crippen molar-refractivity contribution < 1.29 is 9.59 Å². The Kier molecular flexibility index (Phi) is 8.79. The van der Waals surface area contributed by atoms with E-state index < -0.39 is 0 Å². The quantitative estimate of drug-likeness (QED) is 0.704. The summed E-state index contributed by atoms with van der Waals surface area (Å²) in [5, 5.41) is 6.06. The van der Waals surface area contributed by atoms with Crippen LogP contribution in [0.4, 0.5) is 5.69 Å². The van der Waals surface area contributed by atoms with Crippen LogP contribution < -0.4 is 15.5 Å². The van der Waals surface area contributed by atoms with Crippen molar-refractivity contribution in [3.05, 3.63) is 29.8 Å². The molecule has 0 spiro atoms. The third kappa shape index (κ3) is 5.49. The Hall–Kier alpha value is -1.59. The van der Waals surface area contributed by atoms with Crippen LogP contribution in [0.25, 0.3) is 0 Å². The number of benzene rings is 1. The van der Waals surface area contributed by atoms with Gasteiger partial charge in [-0.3, -0.25) is 9.59 Å². The van der Waals surface area contributed by atoms with Crippen molar-refractivity contribution in [1.29, 1.82) is 0 Å². The Labute approximate surface area is 150 Å². The second kappa shape index (κ2) is 10.3. The minimum absolute atomic E-state index is 0. The number of anilines is 1. The lowest BCUT2D eigenvalue weighted by Gasteiger charge is -2.17. The molecule has 5 nitrogen and oxygen atoms in total. The molecule has 1 atom stereocenters. The topological polar surface area (TPSA) is 61.4 Å². The normalized spacial score (nSPS) is 16.8. The van der Waals surface area contributed by atoms with Crippen molar-refractivity contribution in [2.24, 2.45) is 5.92 Å². The molecule has 0 saturated carbocycles. The monoisotopic (exact) mass is 353 g/mol. The summed E-state index contributed by atoms with van der Waals surface area (Å²) >= 11 is 0. The fourth-order valence-corrected chi connectivity index (χ4v) is 2.86. The van der Waals surface area contributed by atoms with Crippen LogP contribution in [0.3, 0.4) is 0 Å². The van der Waals surface area contributed by atoms with Crippen molar-refractivity contribution in [3.8, 4) is 0 Å². The molecular weight excluding hydrogens is 326 g/mol. The van der Waals surface area contributed by atoms with Gasteiger partial charge in [-0.1, -0.05) is 32.4 Å². The van der Waals surface area contributed by atoms with Crippen molar-refractivity contribution in [2.45, 2.75) is 33.1 Å². The Balaban J connectivity index is 0.00000288. The average molecular weight is 354 g/mol. The van der Waals surface area contributed by atoms with E-state index in [0.29, 0.717) is 19.5 Å². The van der Waals surface area contributed by atoms with Crippen LogP contribution >= 0.6 is 12.4 Å². The van der Waals surface area contributed by atoms with Gasteiger partial charge in [0.2, 0.25) is 11.8 Å². The number of nitrogens with zero attached hydrogens (tertiary/aromatic N) is 1. The van der Waals surface area contributed by atoms with E-state index in [9.17, 15) is 9.59 Å². The van der Waals surface area contributed by atoms with Gasteiger partial charge in [0.05, 0.1) is 5.92 Å². The molecule has 0 radical (unpaired) electrons. The van der Waals surface area contributed by atoms with Crippen LogP contribution in [0.15, 0.2) is 24.3 Å². The number of nitrogens with one attached hydrogen (secondary N) is 2. The molecule has 2 N–H and O–H groups in total. The predicted octanol–water partition coefficient (Wildman–Crippen LogP) is 2.14. The van der Waals surface area contributed by atoms with Gasteiger partial charge in [0, 0.05) is 31.7 Å². The van der Waals surface area contributed by atoms with E-state index in [1.54, 1.807) is 4.90 Å². The molecule has 1 aliphatic rings. The van der Waals surface area contributed by atoms with Gasteiger partial charge in [-0.25, -0.2) is 0 Å².